The molecule has 0 saturated carbocycles. The number of carbonyl (C=O) groups is 1. The molecule has 6 nitrogen and oxygen atoms in total. The van der Waals surface area contributed by atoms with Gasteiger partial charge in [0.15, 0.2) is 5.69 Å². The molecular weight excluding hydrogens is 244 g/mol. The maximum atomic E-state index is 12.0. The number of aliphatic hydroxyl groups excluding tert-OH is 1. The highest BCUT2D eigenvalue weighted by Crippen LogP contribution is 2.16. The SMILES string of the molecule is Cc1[nH]nc(C(=O)N[C@H](CO)c2ccccc2)c1N. The molecule has 0 aliphatic rings. The van der Waals surface area contributed by atoms with Gasteiger partial charge in [-0.1, -0.05) is 30.3 Å². The summed E-state index contributed by atoms with van der Waals surface area (Å²) in [6.07, 6.45) is 0. The quantitative estimate of drug-likeness (QED) is 0.651. The van der Waals surface area contributed by atoms with E-state index in [1.54, 1.807) is 6.92 Å². The zero-order chi connectivity index (χ0) is 13.8. The van der Waals surface area contributed by atoms with Crippen LogP contribution in [0.2, 0.25) is 0 Å². The van der Waals surface area contributed by atoms with Gasteiger partial charge >= 0.3 is 0 Å². The maximum Gasteiger partial charge on any atom is 0.274 e. The summed E-state index contributed by atoms with van der Waals surface area (Å²) < 4.78 is 0. The van der Waals surface area contributed by atoms with Crippen molar-refractivity contribution in [2.45, 2.75) is 13.0 Å². The lowest BCUT2D eigenvalue weighted by Gasteiger charge is -2.16. The topological polar surface area (TPSA) is 104 Å². The van der Waals surface area contributed by atoms with Crippen LogP contribution in [0.3, 0.4) is 0 Å². The van der Waals surface area contributed by atoms with E-state index in [4.69, 9.17) is 5.73 Å². The number of nitrogens with one attached hydrogen (secondary N) is 2. The summed E-state index contributed by atoms with van der Waals surface area (Å²) in [7, 11) is 0. The highest BCUT2D eigenvalue weighted by atomic mass is 16.3. The van der Waals surface area contributed by atoms with E-state index in [1.165, 1.54) is 0 Å². The second-order valence-electron chi connectivity index (χ2n) is 4.23. The Balaban J connectivity index is 2.15. The van der Waals surface area contributed by atoms with Gasteiger partial charge in [-0.3, -0.25) is 9.89 Å². The molecule has 5 N–H and O–H groups in total. The van der Waals surface area contributed by atoms with Gasteiger partial charge in [-0.05, 0) is 12.5 Å². The number of benzene rings is 1. The first-order chi connectivity index (χ1) is 9.13. The minimum atomic E-state index is -0.481. The summed E-state index contributed by atoms with van der Waals surface area (Å²) in [6.45, 7) is 1.54. The molecule has 0 bridgehead atoms. The van der Waals surface area contributed by atoms with Crippen molar-refractivity contribution < 1.29 is 9.90 Å². The Morgan fingerprint density at radius 1 is 1.47 bits per heavy atom. The monoisotopic (exact) mass is 260 g/mol. The fraction of sp³-hybridized carbons (Fsp3) is 0.231. The summed E-state index contributed by atoms with van der Waals surface area (Å²) in [5, 5.41) is 18.6. The lowest BCUT2D eigenvalue weighted by molar-refractivity contribution is 0.0912. The van der Waals surface area contributed by atoms with E-state index < -0.39 is 11.9 Å². The number of aromatic nitrogens is 2. The van der Waals surface area contributed by atoms with Crippen molar-refractivity contribution in [2.24, 2.45) is 0 Å². The summed E-state index contributed by atoms with van der Waals surface area (Å²) in [5.41, 5.74) is 7.68. The normalized spacial score (nSPS) is 12.1. The third-order valence-electron chi connectivity index (χ3n) is 2.90. The molecular formula is C13H16N4O2. The van der Waals surface area contributed by atoms with Gasteiger partial charge in [0.05, 0.1) is 24.0 Å². The fourth-order valence-electron chi connectivity index (χ4n) is 1.76. The Labute approximate surface area is 110 Å². The van der Waals surface area contributed by atoms with Crippen LogP contribution in [-0.2, 0) is 0 Å². The predicted octanol–water partition coefficient (Wildman–Crippen LogP) is 0.764. The lowest BCUT2D eigenvalue weighted by atomic mass is 10.1. The average molecular weight is 260 g/mol. The van der Waals surface area contributed by atoms with Crippen LogP contribution in [0.1, 0.15) is 27.8 Å². The highest BCUT2D eigenvalue weighted by molar-refractivity contribution is 5.97. The van der Waals surface area contributed by atoms with Gasteiger partial charge in [0, 0.05) is 0 Å². The smallest absolute Gasteiger partial charge is 0.274 e. The summed E-state index contributed by atoms with van der Waals surface area (Å²) in [4.78, 5) is 12.0. The number of nitrogens with two attached hydrogens (primary N) is 1. The molecule has 2 rings (SSSR count). The molecule has 1 atom stereocenters. The van der Waals surface area contributed by atoms with Crippen molar-refractivity contribution in [3.63, 3.8) is 0 Å². The van der Waals surface area contributed by atoms with E-state index in [-0.39, 0.29) is 12.3 Å². The maximum absolute atomic E-state index is 12.0. The first-order valence-electron chi connectivity index (χ1n) is 5.90. The Morgan fingerprint density at radius 2 is 2.16 bits per heavy atom. The molecule has 0 aliphatic heterocycles. The van der Waals surface area contributed by atoms with E-state index in [0.29, 0.717) is 11.4 Å². The number of rotatable bonds is 4. The second-order valence-corrected chi connectivity index (χ2v) is 4.23. The Hall–Kier alpha value is -2.34. The molecule has 0 saturated heterocycles. The number of hydrogen-bond acceptors (Lipinski definition) is 4. The van der Waals surface area contributed by atoms with E-state index in [0.717, 1.165) is 5.56 Å². The number of amides is 1. The standard InChI is InChI=1S/C13H16N4O2/c1-8-11(14)12(17-16-8)13(19)15-10(7-18)9-5-3-2-4-6-9/h2-6,10,18H,7,14H2,1H3,(H,15,19)(H,16,17)/t10-/m1/s1. The molecule has 0 spiro atoms. The van der Waals surface area contributed by atoms with Crippen molar-refractivity contribution >= 4 is 11.6 Å². The number of nitrogens with zero attached hydrogens (tertiary/aromatic N) is 1. The fourth-order valence-corrected chi connectivity index (χ4v) is 1.76. The van der Waals surface area contributed by atoms with E-state index in [1.807, 2.05) is 30.3 Å². The molecule has 2 aromatic rings. The van der Waals surface area contributed by atoms with Crippen molar-refractivity contribution in [3.05, 3.63) is 47.3 Å². The molecule has 0 fully saturated rings. The van der Waals surface area contributed by atoms with Crippen molar-refractivity contribution in [1.29, 1.82) is 0 Å². The van der Waals surface area contributed by atoms with Crippen LogP contribution in [0.15, 0.2) is 30.3 Å². The van der Waals surface area contributed by atoms with Crippen molar-refractivity contribution in [1.82, 2.24) is 15.5 Å². The predicted molar refractivity (Wildman–Crippen MR) is 71.5 cm³/mol. The third-order valence-corrected chi connectivity index (χ3v) is 2.90. The number of aryl methyl sites for hydroxylation is 1. The van der Waals surface area contributed by atoms with Gasteiger partial charge in [0.25, 0.3) is 5.91 Å². The van der Waals surface area contributed by atoms with Gasteiger partial charge in [0.2, 0.25) is 0 Å². The number of carbonyl (C=O) groups excluding carboxylic acids is 1. The van der Waals surface area contributed by atoms with Crippen molar-refractivity contribution in [2.75, 3.05) is 12.3 Å². The Kier molecular flexibility index (Phi) is 3.82. The third kappa shape index (κ3) is 2.74. The first kappa shape index (κ1) is 13.1. The van der Waals surface area contributed by atoms with Crippen LogP contribution < -0.4 is 11.1 Å². The van der Waals surface area contributed by atoms with Crippen LogP contribution in [0.4, 0.5) is 5.69 Å². The molecule has 0 unspecified atom stereocenters. The number of anilines is 1. The van der Waals surface area contributed by atoms with E-state index in [9.17, 15) is 9.90 Å². The first-order valence-corrected chi connectivity index (χ1v) is 5.90. The summed E-state index contributed by atoms with van der Waals surface area (Å²) in [6, 6.07) is 8.74. The Bertz CT molecular complexity index is 565. The van der Waals surface area contributed by atoms with Gasteiger partial charge in [0.1, 0.15) is 0 Å². The molecule has 1 amide bonds. The number of hydrogen-bond donors (Lipinski definition) is 4. The van der Waals surface area contributed by atoms with Gasteiger partial charge in [-0.25, -0.2) is 0 Å². The molecule has 0 aliphatic carbocycles. The lowest BCUT2D eigenvalue weighted by Crippen LogP contribution is -2.31. The largest absolute Gasteiger partial charge is 0.395 e. The molecule has 100 valence electrons. The number of aromatic amines is 1. The van der Waals surface area contributed by atoms with Crippen LogP contribution in [0.5, 0.6) is 0 Å². The van der Waals surface area contributed by atoms with Gasteiger partial charge in [-0.15, -0.1) is 0 Å². The number of H-pyrrole nitrogens is 1. The van der Waals surface area contributed by atoms with Crippen molar-refractivity contribution in [3.8, 4) is 0 Å². The second kappa shape index (κ2) is 5.53. The zero-order valence-electron chi connectivity index (χ0n) is 10.6. The molecule has 6 heteroatoms. The average Bonchev–Trinajstić information content (AvgIpc) is 2.77. The highest BCUT2D eigenvalue weighted by Gasteiger charge is 2.19. The number of aliphatic hydroxyl groups is 1. The molecule has 1 aromatic carbocycles. The Morgan fingerprint density at radius 3 is 2.68 bits per heavy atom. The molecule has 1 aromatic heterocycles. The van der Waals surface area contributed by atoms with E-state index >= 15 is 0 Å². The van der Waals surface area contributed by atoms with E-state index in [2.05, 4.69) is 15.5 Å². The van der Waals surface area contributed by atoms with Crippen LogP contribution >= 0.6 is 0 Å². The van der Waals surface area contributed by atoms with Gasteiger partial charge in [-0.2, -0.15) is 5.10 Å². The molecule has 1 heterocycles. The van der Waals surface area contributed by atoms with Crippen LogP contribution in [0, 0.1) is 6.92 Å². The van der Waals surface area contributed by atoms with Crippen LogP contribution in [0.25, 0.3) is 0 Å². The van der Waals surface area contributed by atoms with Crippen LogP contribution in [-0.4, -0.2) is 27.8 Å². The summed E-state index contributed by atoms with van der Waals surface area (Å²) in [5.74, 6) is -0.412. The molecule has 0 radical (unpaired) electrons. The number of nitrogen functional groups attached to an aromatic ring is 1. The summed E-state index contributed by atoms with van der Waals surface area (Å²) >= 11 is 0. The molecule has 19 heavy (non-hydrogen) atoms. The van der Waals surface area contributed by atoms with Gasteiger partial charge < -0.3 is 16.2 Å². The minimum absolute atomic E-state index is 0.145. The minimum Gasteiger partial charge on any atom is -0.395 e. The zero-order valence-corrected chi connectivity index (χ0v) is 10.6.